The van der Waals surface area contributed by atoms with Crippen molar-refractivity contribution in [1.29, 1.82) is 0 Å². The number of anilines is 1. The smallest absolute Gasteiger partial charge is 0.187 e. The second-order valence-electron chi connectivity index (χ2n) is 5.50. The van der Waals surface area contributed by atoms with Gasteiger partial charge in [0, 0.05) is 12.1 Å². The molecule has 2 saturated heterocycles. The van der Waals surface area contributed by atoms with Crippen LogP contribution in [0, 0.1) is 5.82 Å². The Labute approximate surface area is 114 Å². The Hall–Kier alpha value is -1.20. The van der Waals surface area contributed by atoms with Gasteiger partial charge in [-0.05, 0) is 37.8 Å². The van der Waals surface area contributed by atoms with Gasteiger partial charge in [0.1, 0.15) is 11.3 Å². The minimum absolute atomic E-state index is 0.181. The first kappa shape index (κ1) is 11.6. The lowest BCUT2D eigenvalue weighted by atomic mass is 10.0. The summed E-state index contributed by atoms with van der Waals surface area (Å²) >= 11 is 1.56. The van der Waals surface area contributed by atoms with Gasteiger partial charge >= 0.3 is 0 Å². The van der Waals surface area contributed by atoms with Gasteiger partial charge in [0.05, 0.1) is 10.8 Å². The van der Waals surface area contributed by atoms with E-state index in [-0.39, 0.29) is 11.9 Å². The first-order valence-electron chi connectivity index (χ1n) is 6.74. The summed E-state index contributed by atoms with van der Waals surface area (Å²) in [5, 5.41) is 10.8. The molecule has 4 rings (SSSR count). The molecule has 2 aliphatic heterocycles. The van der Waals surface area contributed by atoms with E-state index in [1.807, 2.05) is 6.07 Å². The number of benzene rings is 1. The Balaban J connectivity index is 1.77. The Bertz CT molecular complexity index is 615. The van der Waals surface area contributed by atoms with E-state index in [9.17, 15) is 9.50 Å². The summed E-state index contributed by atoms with van der Waals surface area (Å²) in [5.74, 6) is -0.246. The Kier molecular flexibility index (Phi) is 2.53. The summed E-state index contributed by atoms with van der Waals surface area (Å²) in [6, 6.07) is 5.85. The lowest BCUT2D eigenvalue weighted by molar-refractivity contribution is 0.126. The van der Waals surface area contributed by atoms with Crippen molar-refractivity contribution in [2.75, 3.05) is 4.90 Å². The van der Waals surface area contributed by atoms with Crippen LogP contribution in [0.15, 0.2) is 18.2 Å². The minimum Gasteiger partial charge on any atom is -0.393 e. The third kappa shape index (κ3) is 1.75. The average Bonchev–Trinajstić information content (AvgIpc) is 2.90. The standard InChI is InChI=1S/C14H15FN2OS/c15-11-2-1-3-12-13(11)16-14(19-12)17-8-4-5-9(17)7-10(18)6-8/h1-3,8-10,18H,4-7H2. The summed E-state index contributed by atoms with van der Waals surface area (Å²) in [4.78, 5) is 6.81. The van der Waals surface area contributed by atoms with E-state index in [0.29, 0.717) is 17.6 Å². The van der Waals surface area contributed by atoms with Crippen molar-refractivity contribution < 1.29 is 9.50 Å². The molecule has 3 heterocycles. The van der Waals surface area contributed by atoms with Crippen molar-refractivity contribution >= 4 is 26.7 Å². The van der Waals surface area contributed by atoms with Gasteiger partial charge in [-0.1, -0.05) is 17.4 Å². The maximum absolute atomic E-state index is 13.7. The highest BCUT2D eigenvalue weighted by molar-refractivity contribution is 7.22. The predicted octanol–water partition coefficient (Wildman–Crippen LogP) is 2.93. The van der Waals surface area contributed by atoms with E-state index < -0.39 is 0 Å². The zero-order valence-corrected chi connectivity index (χ0v) is 11.2. The highest BCUT2D eigenvalue weighted by Crippen LogP contribution is 2.42. The van der Waals surface area contributed by atoms with Gasteiger partial charge in [-0.25, -0.2) is 9.37 Å². The maximum atomic E-state index is 13.7. The van der Waals surface area contributed by atoms with E-state index >= 15 is 0 Å². The van der Waals surface area contributed by atoms with Crippen molar-refractivity contribution in [2.24, 2.45) is 0 Å². The van der Waals surface area contributed by atoms with E-state index in [1.54, 1.807) is 17.4 Å². The van der Waals surface area contributed by atoms with E-state index in [4.69, 9.17) is 0 Å². The van der Waals surface area contributed by atoms with Crippen LogP contribution in [0.25, 0.3) is 10.2 Å². The lowest BCUT2D eigenvalue weighted by Gasteiger charge is -2.36. The maximum Gasteiger partial charge on any atom is 0.187 e. The molecular weight excluding hydrogens is 263 g/mol. The van der Waals surface area contributed by atoms with Crippen LogP contribution in [-0.4, -0.2) is 28.3 Å². The van der Waals surface area contributed by atoms with Crippen LogP contribution in [0.5, 0.6) is 0 Å². The molecule has 0 radical (unpaired) electrons. The van der Waals surface area contributed by atoms with Gasteiger partial charge in [0.2, 0.25) is 0 Å². The van der Waals surface area contributed by atoms with Crippen LogP contribution in [0.2, 0.25) is 0 Å². The monoisotopic (exact) mass is 278 g/mol. The molecule has 5 heteroatoms. The first-order chi connectivity index (χ1) is 9.22. The molecule has 2 aliphatic rings. The van der Waals surface area contributed by atoms with Gasteiger partial charge in [-0.2, -0.15) is 0 Å². The molecule has 2 aromatic rings. The molecule has 0 amide bonds. The van der Waals surface area contributed by atoms with Crippen molar-refractivity contribution in [3.63, 3.8) is 0 Å². The summed E-state index contributed by atoms with van der Waals surface area (Å²) in [6.07, 6.45) is 3.67. The quantitative estimate of drug-likeness (QED) is 0.871. The van der Waals surface area contributed by atoms with Crippen LogP contribution in [0.3, 0.4) is 0 Å². The van der Waals surface area contributed by atoms with Crippen LogP contribution in [0.4, 0.5) is 9.52 Å². The van der Waals surface area contributed by atoms with Crippen molar-refractivity contribution in [3.8, 4) is 0 Å². The van der Waals surface area contributed by atoms with Crippen molar-refractivity contribution in [2.45, 2.75) is 43.9 Å². The molecule has 2 atom stereocenters. The molecule has 2 unspecified atom stereocenters. The predicted molar refractivity (Wildman–Crippen MR) is 74.1 cm³/mol. The molecule has 2 fully saturated rings. The highest BCUT2D eigenvalue weighted by Gasteiger charge is 2.41. The van der Waals surface area contributed by atoms with Crippen LogP contribution in [0.1, 0.15) is 25.7 Å². The van der Waals surface area contributed by atoms with E-state index in [0.717, 1.165) is 35.5 Å². The Morgan fingerprint density at radius 1 is 1.26 bits per heavy atom. The number of piperidine rings is 1. The molecule has 1 aromatic carbocycles. The fourth-order valence-electron chi connectivity index (χ4n) is 3.47. The number of hydrogen-bond acceptors (Lipinski definition) is 4. The zero-order valence-electron chi connectivity index (χ0n) is 10.4. The number of halogens is 1. The second kappa shape index (κ2) is 4.15. The summed E-state index contributed by atoms with van der Waals surface area (Å²) in [5.41, 5.74) is 0.480. The normalized spacial score (nSPS) is 30.2. The number of para-hydroxylation sites is 1. The summed E-state index contributed by atoms with van der Waals surface area (Å²) in [7, 11) is 0. The topological polar surface area (TPSA) is 36.4 Å². The molecule has 3 nitrogen and oxygen atoms in total. The van der Waals surface area contributed by atoms with E-state index in [2.05, 4.69) is 9.88 Å². The number of fused-ring (bicyclic) bond motifs is 3. The van der Waals surface area contributed by atoms with Gasteiger partial charge < -0.3 is 10.0 Å². The average molecular weight is 278 g/mol. The third-order valence-corrected chi connectivity index (χ3v) is 5.32. The first-order valence-corrected chi connectivity index (χ1v) is 7.55. The SMILES string of the molecule is OC1CC2CCC(C1)N2c1nc2c(F)cccc2s1. The zero-order chi connectivity index (χ0) is 13.0. The molecule has 2 bridgehead atoms. The molecule has 1 N–H and O–H groups in total. The molecule has 0 aliphatic carbocycles. The molecular formula is C14H15FN2OS. The number of aliphatic hydroxyl groups is 1. The summed E-state index contributed by atoms with van der Waals surface area (Å²) in [6.45, 7) is 0. The molecule has 19 heavy (non-hydrogen) atoms. The second-order valence-corrected chi connectivity index (χ2v) is 6.51. The largest absolute Gasteiger partial charge is 0.393 e. The molecule has 0 saturated carbocycles. The number of aromatic nitrogens is 1. The van der Waals surface area contributed by atoms with Gasteiger partial charge in [-0.3, -0.25) is 0 Å². The van der Waals surface area contributed by atoms with Crippen LogP contribution < -0.4 is 4.90 Å². The molecule has 100 valence electrons. The van der Waals surface area contributed by atoms with Gasteiger partial charge in [0.15, 0.2) is 5.13 Å². The number of thiazole rings is 1. The molecule has 1 aromatic heterocycles. The van der Waals surface area contributed by atoms with Crippen LogP contribution >= 0.6 is 11.3 Å². The fourth-order valence-corrected chi connectivity index (χ4v) is 4.60. The third-order valence-electron chi connectivity index (χ3n) is 4.29. The van der Waals surface area contributed by atoms with Gasteiger partial charge in [-0.15, -0.1) is 0 Å². The van der Waals surface area contributed by atoms with E-state index in [1.165, 1.54) is 6.07 Å². The van der Waals surface area contributed by atoms with Gasteiger partial charge in [0.25, 0.3) is 0 Å². The Morgan fingerprint density at radius 3 is 2.68 bits per heavy atom. The number of rotatable bonds is 1. The van der Waals surface area contributed by atoms with Crippen LogP contribution in [-0.2, 0) is 0 Å². The number of aliphatic hydroxyl groups excluding tert-OH is 1. The minimum atomic E-state index is -0.246. The number of nitrogens with zero attached hydrogens (tertiary/aromatic N) is 2. The summed E-state index contributed by atoms with van der Waals surface area (Å²) < 4.78 is 14.6. The molecule has 0 spiro atoms. The number of hydrogen-bond donors (Lipinski definition) is 1. The van der Waals surface area contributed by atoms with Crippen molar-refractivity contribution in [1.82, 2.24) is 4.98 Å². The van der Waals surface area contributed by atoms with Crippen molar-refractivity contribution in [3.05, 3.63) is 24.0 Å². The Morgan fingerprint density at radius 2 is 2.00 bits per heavy atom. The highest BCUT2D eigenvalue weighted by atomic mass is 32.1. The fraction of sp³-hybridized carbons (Fsp3) is 0.500. The lowest BCUT2D eigenvalue weighted by Crippen LogP contribution is -2.44.